The number of pyridine rings is 2. The first-order valence-electron chi connectivity index (χ1n) is 11.5. The van der Waals surface area contributed by atoms with Crippen LogP contribution in [-0.4, -0.2) is 38.3 Å². The number of anilines is 2. The van der Waals surface area contributed by atoms with Crippen molar-refractivity contribution in [2.75, 3.05) is 16.8 Å². The van der Waals surface area contributed by atoms with E-state index in [2.05, 4.69) is 49.5 Å². The second-order valence-electron chi connectivity index (χ2n) is 8.44. The van der Waals surface area contributed by atoms with E-state index < -0.39 is 0 Å². The molecular weight excluding hydrogens is 432 g/mol. The molecular formula is C25H28N6OS. The van der Waals surface area contributed by atoms with Gasteiger partial charge in [0.1, 0.15) is 6.04 Å². The van der Waals surface area contributed by atoms with Gasteiger partial charge in [0.2, 0.25) is 5.91 Å². The zero-order valence-corrected chi connectivity index (χ0v) is 19.5. The third-order valence-electron chi connectivity index (χ3n) is 6.32. The van der Waals surface area contributed by atoms with Crippen LogP contribution in [0.5, 0.6) is 0 Å². The van der Waals surface area contributed by atoms with Crippen LogP contribution in [0.2, 0.25) is 0 Å². The molecule has 5 heterocycles. The molecule has 0 aromatic carbocycles. The van der Waals surface area contributed by atoms with Gasteiger partial charge >= 0.3 is 0 Å². The Labute approximate surface area is 198 Å². The smallest absolute Gasteiger partial charge is 0.249 e. The van der Waals surface area contributed by atoms with Crippen LogP contribution in [0.4, 0.5) is 10.8 Å². The van der Waals surface area contributed by atoms with Crippen molar-refractivity contribution in [2.24, 2.45) is 0 Å². The van der Waals surface area contributed by atoms with Gasteiger partial charge in [0, 0.05) is 36.6 Å². The van der Waals surface area contributed by atoms with Gasteiger partial charge in [0.25, 0.3) is 0 Å². The summed E-state index contributed by atoms with van der Waals surface area (Å²) in [5, 5.41) is 5.80. The number of hydrogen-bond acceptors (Lipinski definition) is 7. The van der Waals surface area contributed by atoms with Crippen molar-refractivity contribution in [3.63, 3.8) is 0 Å². The Bertz CT molecular complexity index is 1110. The van der Waals surface area contributed by atoms with Crippen LogP contribution in [-0.2, 0) is 17.8 Å². The predicted octanol–water partition coefficient (Wildman–Crippen LogP) is 4.56. The number of carbonyl (C=O) groups is 1. The minimum atomic E-state index is -0.225. The molecule has 3 aromatic rings. The van der Waals surface area contributed by atoms with Gasteiger partial charge in [-0.3, -0.25) is 14.8 Å². The number of carbonyl (C=O) groups excluding carboxylic acids is 1. The van der Waals surface area contributed by atoms with Gasteiger partial charge in [-0.2, -0.15) is 0 Å². The van der Waals surface area contributed by atoms with E-state index in [1.54, 1.807) is 12.4 Å². The van der Waals surface area contributed by atoms with Crippen molar-refractivity contribution >= 4 is 28.1 Å². The Hall–Kier alpha value is -3.26. The summed E-state index contributed by atoms with van der Waals surface area (Å²) in [6.07, 6.45) is 13.4. The summed E-state index contributed by atoms with van der Waals surface area (Å²) in [4.78, 5) is 30.9. The molecule has 0 saturated carbocycles. The van der Waals surface area contributed by atoms with E-state index in [9.17, 15) is 4.79 Å². The fourth-order valence-corrected chi connectivity index (χ4v) is 5.31. The number of rotatable bonds is 7. The molecule has 2 atom stereocenters. The fourth-order valence-electron chi connectivity index (χ4n) is 4.55. The van der Waals surface area contributed by atoms with Crippen LogP contribution in [0.25, 0.3) is 0 Å². The van der Waals surface area contributed by atoms with Gasteiger partial charge in [0.05, 0.1) is 23.6 Å². The highest BCUT2D eigenvalue weighted by atomic mass is 32.1. The summed E-state index contributed by atoms with van der Waals surface area (Å²) >= 11 is 1.50. The quantitative estimate of drug-likeness (QED) is 0.557. The highest BCUT2D eigenvalue weighted by Gasteiger charge is 2.30. The van der Waals surface area contributed by atoms with Crippen LogP contribution < -0.4 is 10.2 Å². The molecule has 7 nitrogen and oxygen atoms in total. The van der Waals surface area contributed by atoms with E-state index in [4.69, 9.17) is 4.98 Å². The second-order valence-corrected chi connectivity index (χ2v) is 9.30. The number of thiazole rings is 1. The normalized spacial score (nSPS) is 19.9. The standard InChI is InChI=1S/C25H28N6OS/c1-2-19-7-8-20(15-27-19)31-14-4-5-22(31)21-17-33-25(28-21)29-24(32)23-6-3-13-30(23)16-18-9-11-26-12-10-18/h3,7-13,15,17,22-23H,2,4-6,14,16H2,1H3,(H,28,29,32)/t22-,23?/m1/s1. The van der Waals surface area contributed by atoms with E-state index in [0.29, 0.717) is 18.1 Å². The van der Waals surface area contributed by atoms with Gasteiger partial charge < -0.3 is 15.1 Å². The summed E-state index contributed by atoms with van der Waals surface area (Å²) in [5.74, 6) is -0.0161. The number of aryl methyl sites for hydroxylation is 1. The van der Waals surface area contributed by atoms with Crippen molar-refractivity contribution < 1.29 is 4.79 Å². The first-order chi connectivity index (χ1) is 16.2. The van der Waals surface area contributed by atoms with Crippen LogP contribution in [0.3, 0.4) is 0 Å². The van der Waals surface area contributed by atoms with E-state index in [0.717, 1.165) is 48.4 Å². The van der Waals surface area contributed by atoms with E-state index in [1.807, 2.05) is 30.6 Å². The second kappa shape index (κ2) is 9.70. The largest absolute Gasteiger partial charge is 0.362 e. The van der Waals surface area contributed by atoms with Gasteiger partial charge in [0.15, 0.2) is 5.13 Å². The first-order valence-corrected chi connectivity index (χ1v) is 12.4. The maximum Gasteiger partial charge on any atom is 0.249 e. The Morgan fingerprint density at radius 1 is 1.24 bits per heavy atom. The van der Waals surface area contributed by atoms with Crippen LogP contribution >= 0.6 is 11.3 Å². The van der Waals surface area contributed by atoms with Crippen molar-refractivity contribution in [2.45, 2.75) is 51.2 Å². The van der Waals surface area contributed by atoms with Crippen molar-refractivity contribution in [1.29, 1.82) is 0 Å². The Morgan fingerprint density at radius 2 is 2.12 bits per heavy atom. The molecule has 3 aromatic heterocycles. The maximum atomic E-state index is 13.0. The number of aromatic nitrogens is 3. The van der Waals surface area contributed by atoms with Crippen molar-refractivity contribution in [3.05, 3.63) is 77.5 Å². The molecule has 0 aliphatic carbocycles. The molecule has 1 N–H and O–H groups in total. The molecule has 0 spiro atoms. The zero-order chi connectivity index (χ0) is 22.6. The molecule has 8 heteroatoms. The van der Waals surface area contributed by atoms with Gasteiger partial charge in [-0.15, -0.1) is 11.3 Å². The zero-order valence-electron chi connectivity index (χ0n) is 18.7. The molecule has 1 unspecified atom stereocenters. The van der Waals surface area contributed by atoms with Gasteiger partial charge in [-0.05, 0) is 61.7 Å². The highest BCUT2D eigenvalue weighted by Crippen LogP contribution is 2.37. The van der Waals surface area contributed by atoms with E-state index >= 15 is 0 Å². The number of nitrogens with one attached hydrogen (secondary N) is 1. The third-order valence-corrected chi connectivity index (χ3v) is 7.10. The molecule has 2 aliphatic rings. The van der Waals surface area contributed by atoms with Gasteiger partial charge in [-0.1, -0.05) is 13.0 Å². The average molecular weight is 461 g/mol. The van der Waals surface area contributed by atoms with Crippen molar-refractivity contribution in [1.82, 2.24) is 19.9 Å². The fraction of sp³-hybridized carbons (Fsp3) is 0.360. The van der Waals surface area contributed by atoms with Gasteiger partial charge in [-0.25, -0.2) is 4.98 Å². The lowest BCUT2D eigenvalue weighted by Crippen LogP contribution is -2.38. The molecule has 5 rings (SSSR count). The number of hydrogen-bond donors (Lipinski definition) is 1. The summed E-state index contributed by atoms with van der Waals surface area (Å²) in [6.45, 7) is 3.79. The third kappa shape index (κ3) is 4.75. The molecule has 1 fully saturated rings. The molecule has 33 heavy (non-hydrogen) atoms. The summed E-state index contributed by atoms with van der Waals surface area (Å²) < 4.78 is 0. The Morgan fingerprint density at radius 3 is 2.91 bits per heavy atom. The van der Waals surface area contributed by atoms with Crippen molar-refractivity contribution in [3.8, 4) is 0 Å². The average Bonchev–Trinajstić information content (AvgIpc) is 3.60. The highest BCUT2D eigenvalue weighted by molar-refractivity contribution is 7.13. The van der Waals surface area contributed by atoms with E-state index in [-0.39, 0.29) is 18.0 Å². The lowest BCUT2D eigenvalue weighted by Gasteiger charge is -2.25. The predicted molar refractivity (Wildman–Crippen MR) is 131 cm³/mol. The Balaban J connectivity index is 1.24. The molecule has 1 saturated heterocycles. The number of nitrogens with zero attached hydrogens (tertiary/aromatic N) is 5. The minimum absolute atomic E-state index is 0.0161. The maximum absolute atomic E-state index is 13.0. The number of amides is 1. The molecule has 2 aliphatic heterocycles. The molecule has 170 valence electrons. The Kier molecular flexibility index (Phi) is 6.35. The SMILES string of the molecule is CCc1ccc(N2CCC[C@@H]2c2csc(NC(=O)C3CC=CN3Cc3ccncc3)n2)cn1. The lowest BCUT2D eigenvalue weighted by molar-refractivity contribution is -0.120. The topological polar surface area (TPSA) is 74.2 Å². The van der Waals surface area contributed by atoms with Crippen LogP contribution in [0.1, 0.15) is 49.2 Å². The monoisotopic (exact) mass is 460 g/mol. The van der Waals surface area contributed by atoms with E-state index in [1.165, 1.54) is 11.3 Å². The first kappa shape index (κ1) is 21.6. The summed E-state index contributed by atoms with van der Waals surface area (Å²) in [6, 6.07) is 8.21. The summed E-state index contributed by atoms with van der Waals surface area (Å²) in [7, 11) is 0. The molecule has 0 radical (unpaired) electrons. The van der Waals surface area contributed by atoms with Crippen LogP contribution in [0, 0.1) is 0 Å². The lowest BCUT2D eigenvalue weighted by atomic mass is 10.1. The minimum Gasteiger partial charge on any atom is -0.362 e. The molecule has 1 amide bonds. The van der Waals surface area contributed by atoms with Crippen LogP contribution in [0.15, 0.2) is 60.5 Å². The molecule has 0 bridgehead atoms. The summed E-state index contributed by atoms with van der Waals surface area (Å²) in [5.41, 5.74) is 4.39.